The van der Waals surface area contributed by atoms with Crippen molar-refractivity contribution < 1.29 is 13.9 Å². The van der Waals surface area contributed by atoms with Gasteiger partial charge in [-0.15, -0.1) is 0 Å². The van der Waals surface area contributed by atoms with Crippen LogP contribution in [0, 0.1) is 11.7 Å². The minimum Gasteiger partial charge on any atom is -0.468 e. The van der Waals surface area contributed by atoms with Crippen LogP contribution in [-0.2, 0) is 9.53 Å². The maximum absolute atomic E-state index is 13.5. The predicted octanol–water partition coefficient (Wildman–Crippen LogP) is 2.07. The van der Waals surface area contributed by atoms with Crippen LogP contribution >= 0.6 is 0 Å². The van der Waals surface area contributed by atoms with Gasteiger partial charge in [-0.1, -0.05) is 0 Å². The number of nitrogens with zero attached hydrogens (tertiary/aromatic N) is 3. The molecule has 1 atom stereocenters. The van der Waals surface area contributed by atoms with E-state index in [2.05, 4.69) is 20.2 Å². The third-order valence-electron chi connectivity index (χ3n) is 4.34. The molecule has 6 nitrogen and oxygen atoms in total. The van der Waals surface area contributed by atoms with Crippen molar-refractivity contribution in [2.45, 2.75) is 12.8 Å². The van der Waals surface area contributed by atoms with E-state index in [0.29, 0.717) is 29.2 Å². The first-order chi connectivity index (χ1) is 11.7. The standard InChI is InChI=1S/C17H21FN4O2/c1-24-16(23)10-22-6-2-3-12(9-22)8-19-17-14-7-13(18)4-5-15(14)20-11-21-17/h4-5,7,11-12H,2-3,6,8-10H2,1H3,(H,19,20,21). The molecule has 24 heavy (non-hydrogen) atoms. The van der Waals surface area contributed by atoms with Crippen LogP contribution in [0.2, 0.25) is 0 Å². The van der Waals surface area contributed by atoms with Crippen molar-refractivity contribution in [1.29, 1.82) is 0 Å². The zero-order valence-electron chi connectivity index (χ0n) is 13.7. The summed E-state index contributed by atoms with van der Waals surface area (Å²) in [6.07, 6.45) is 3.61. The number of halogens is 1. The summed E-state index contributed by atoms with van der Waals surface area (Å²) < 4.78 is 18.2. The molecule has 2 aromatic rings. The van der Waals surface area contributed by atoms with Crippen molar-refractivity contribution in [2.75, 3.05) is 38.6 Å². The van der Waals surface area contributed by atoms with Crippen LogP contribution in [0.5, 0.6) is 0 Å². The maximum Gasteiger partial charge on any atom is 0.319 e. The summed E-state index contributed by atoms with van der Waals surface area (Å²) in [6.45, 7) is 2.79. The Morgan fingerprint density at radius 1 is 1.46 bits per heavy atom. The van der Waals surface area contributed by atoms with Gasteiger partial charge in [0.2, 0.25) is 0 Å². The highest BCUT2D eigenvalue weighted by atomic mass is 19.1. The molecule has 1 aliphatic rings. The van der Waals surface area contributed by atoms with Gasteiger partial charge in [-0.2, -0.15) is 0 Å². The molecule has 1 unspecified atom stereocenters. The molecule has 1 aromatic carbocycles. The topological polar surface area (TPSA) is 67.3 Å². The maximum atomic E-state index is 13.5. The van der Waals surface area contributed by atoms with Gasteiger partial charge in [-0.25, -0.2) is 14.4 Å². The summed E-state index contributed by atoms with van der Waals surface area (Å²) in [6, 6.07) is 4.49. The van der Waals surface area contributed by atoms with Gasteiger partial charge in [-0.3, -0.25) is 9.69 Å². The molecule has 1 N–H and O–H groups in total. The molecule has 2 heterocycles. The number of likely N-dealkylation sites (tertiary alicyclic amines) is 1. The van der Waals surface area contributed by atoms with E-state index in [-0.39, 0.29) is 11.8 Å². The third-order valence-corrected chi connectivity index (χ3v) is 4.34. The molecule has 128 valence electrons. The van der Waals surface area contributed by atoms with Crippen LogP contribution in [0.3, 0.4) is 0 Å². The van der Waals surface area contributed by atoms with Crippen LogP contribution in [-0.4, -0.2) is 54.1 Å². The molecule has 0 bridgehead atoms. The number of esters is 1. The molecule has 0 aliphatic carbocycles. The highest BCUT2D eigenvalue weighted by Crippen LogP contribution is 2.22. The van der Waals surface area contributed by atoms with Crippen LogP contribution < -0.4 is 5.32 Å². The molecule has 0 spiro atoms. The second kappa shape index (κ2) is 7.53. The van der Waals surface area contributed by atoms with Crippen molar-refractivity contribution in [3.05, 3.63) is 30.3 Å². The normalized spacial score (nSPS) is 18.5. The first kappa shape index (κ1) is 16.6. The van der Waals surface area contributed by atoms with E-state index in [1.165, 1.54) is 25.6 Å². The van der Waals surface area contributed by atoms with Gasteiger partial charge in [0.15, 0.2) is 0 Å². The molecular weight excluding hydrogens is 311 g/mol. The fourth-order valence-corrected chi connectivity index (χ4v) is 3.12. The smallest absolute Gasteiger partial charge is 0.319 e. The zero-order valence-corrected chi connectivity index (χ0v) is 13.7. The Morgan fingerprint density at radius 2 is 2.33 bits per heavy atom. The number of nitrogens with one attached hydrogen (secondary N) is 1. The lowest BCUT2D eigenvalue weighted by Gasteiger charge is -2.32. The summed E-state index contributed by atoms with van der Waals surface area (Å²) in [5.41, 5.74) is 0.713. The molecule has 0 saturated carbocycles. The number of hydrogen-bond donors (Lipinski definition) is 1. The van der Waals surface area contributed by atoms with Crippen molar-refractivity contribution in [2.24, 2.45) is 5.92 Å². The Bertz CT molecular complexity index is 725. The van der Waals surface area contributed by atoms with E-state index >= 15 is 0 Å². The van der Waals surface area contributed by atoms with Crippen LogP contribution in [0.25, 0.3) is 10.9 Å². The fraction of sp³-hybridized carbons (Fsp3) is 0.471. The van der Waals surface area contributed by atoms with Gasteiger partial charge >= 0.3 is 5.97 Å². The minimum absolute atomic E-state index is 0.208. The van der Waals surface area contributed by atoms with Crippen molar-refractivity contribution in [1.82, 2.24) is 14.9 Å². The van der Waals surface area contributed by atoms with Crippen molar-refractivity contribution >= 4 is 22.7 Å². The number of ether oxygens (including phenoxy) is 1. The van der Waals surface area contributed by atoms with Crippen LogP contribution in [0.1, 0.15) is 12.8 Å². The summed E-state index contributed by atoms with van der Waals surface area (Å²) in [7, 11) is 1.41. The van der Waals surface area contributed by atoms with Gasteiger partial charge in [0.05, 0.1) is 19.2 Å². The highest BCUT2D eigenvalue weighted by molar-refractivity contribution is 5.88. The quantitative estimate of drug-likeness (QED) is 0.846. The van der Waals surface area contributed by atoms with Gasteiger partial charge < -0.3 is 10.1 Å². The molecule has 1 aliphatic heterocycles. The molecule has 0 radical (unpaired) electrons. The molecule has 0 amide bonds. The number of hydrogen-bond acceptors (Lipinski definition) is 6. The zero-order chi connectivity index (χ0) is 16.9. The third kappa shape index (κ3) is 3.97. The van der Waals surface area contributed by atoms with Gasteiger partial charge in [-0.05, 0) is 43.5 Å². The second-order valence-electron chi connectivity index (χ2n) is 6.08. The Morgan fingerprint density at radius 3 is 3.17 bits per heavy atom. The van der Waals surface area contributed by atoms with Gasteiger partial charge in [0.25, 0.3) is 0 Å². The Balaban J connectivity index is 1.63. The number of benzene rings is 1. The number of methoxy groups -OCH3 is 1. The highest BCUT2D eigenvalue weighted by Gasteiger charge is 2.22. The number of fused-ring (bicyclic) bond motifs is 1. The predicted molar refractivity (Wildman–Crippen MR) is 89.2 cm³/mol. The number of anilines is 1. The van der Waals surface area contributed by atoms with Crippen molar-refractivity contribution in [3.8, 4) is 0 Å². The Hall–Kier alpha value is -2.28. The average molecular weight is 332 g/mol. The summed E-state index contributed by atoms with van der Waals surface area (Å²) in [5, 5.41) is 3.99. The first-order valence-corrected chi connectivity index (χ1v) is 8.09. The van der Waals surface area contributed by atoms with Crippen molar-refractivity contribution in [3.63, 3.8) is 0 Å². The molecular formula is C17H21FN4O2. The number of aromatic nitrogens is 2. The van der Waals surface area contributed by atoms with E-state index in [0.717, 1.165) is 32.5 Å². The van der Waals surface area contributed by atoms with E-state index in [1.807, 2.05) is 0 Å². The van der Waals surface area contributed by atoms with E-state index in [1.54, 1.807) is 6.07 Å². The molecule has 1 aromatic heterocycles. The fourth-order valence-electron chi connectivity index (χ4n) is 3.12. The molecule has 1 saturated heterocycles. The Kier molecular flexibility index (Phi) is 5.20. The van der Waals surface area contributed by atoms with E-state index in [4.69, 9.17) is 4.74 Å². The minimum atomic E-state index is -0.303. The van der Waals surface area contributed by atoms with E-state index < -0.39 is 0 Å². The second-order valence-corrected chi connectivity index (χ2v) is 6.08. The lowest BCUT2D eigenvalue weighted by atomic mass is 9.98. The largest absolute Gasteiger partial charge is 0.468 e. The number of rotatable bonds is 5. The summed E-state index contributed by atoms with van der Waals surface area (Å²) in [4.78, 5) is 21.9. The number of piperidine rings is 1. The molecule has 1 fully saturated rings. The Labute approximate surface area is 140 Å². The lowest BCUT2D eigenvalue weighted by molar-refractivity contribution is -0.142. The number of carbonyl (C=O) groups excluding carboxylic acids is 1. The summed E-state index contributed by atoms with van der Waals surface area (Å²) in [5.74, 6) is 0.537. The molecule has 7 heteroatoms. The average Bonchev–Trinajstić information content (AvgIpc) is 2.60. The SMILES string of the molecule is COC(=O)CN1CCCC(CNc2ncnc3ccc(F)cc23)C1. The van der Waals surface area contributed by atoms with E-state index in [9.17, 15) is 9.18 Å². The lowest BCUT2D eigenvalue weighted by Crippen LogP contribution is -2.41. The number of carbonyl (C=O) groups is 1. The van der Waals surface area contributed by atoms with Gasteiger partial charge in [0, 0.05) is 18.5 Å². The monoisotopic (exact) mass is 332 g/mol. The van der Waals surface area contributed by atoms with Gasteiger partial charge in [0.1, 0.15) is 18.0 Å². The first-order valence-electron chi connectivity index (χ1n) is 8.09. The van der Waals surface area contributed by atoms with Crippen LogP contribution in [0.4, 0.5) is 10.2 Å². The molecule has 3 rings (SSSR count). The summed E-state index contributed by atoms with van der Waals surface area (Å²) >= 11 is 0. The van der Waals surface area contributed by atoms with Crippen LogP contribution in [0.15, 0.2) is 24.5 Å².